The van der Waals surface area contributed by atoms with Gasteiger partial charge in [0.2, 0.25) is 5.91 Å². The molecule has 2 aromatic rings. The number of nitro groups is 1. The number of aromatic hydroxyl groups is 1. The Hall–Kier alpha value is -4.15. The molecule has 0 heterocycles. The zero-order chi connectivity index (χ0) is 25.7. The molecule has 1 unspecified atom stereocenters. The van der Waals surface area contributed by atoms with Gasteiger partial charge in [0.25, 0.3) is 11.6 Å². The highest BCUT2D eigenvalue weighted by Crippen LogP contribution is 2.25. The van der Waals surface area contributed by atoms with E-state index in [0.717, 1.165) is 0 Å². The lowest BCUT2D eigenvalue weighted by atomic mass is 9.90. The maximum atomic E-state index is 13.4. The number of amides is 3. The Morgan fingerprint density at radius 1 is 1.06 bits per heavy atom. The maximum Gasteiger partial charge on any atom is 0.408 e. The Balaban J connectivity index is 2.37. The minimum Gasteiger partial charge on any atom is -0.508 e. The molecular formula is C23H28N4O7. The molecule has 11 nitrogen and oxygen atoms in total. The van der Waals surface area contributed by atoms with Gasteiger partial charge < -0.3 is 26.2 Å². The molecule has 5 N–H and O–H groups in total. The van der Waals surface area contributed by atoms with Gasteiger partial charge in [0, 0.05) is 18.6 Å². The molecule has 0 spiro atoms. The van der Waals surface area contributed by atoms with Gasteiger partial charge in [-0.3, -0.25) is 19.7 Å². The number of rotatable bonds is 8. The number of ether oxygens (including phenoxy) is 1. The van der Waals surface area contributed by atoms with Gasteiger partial charge in [0.1, 0.15) is 22.9 Å². The average molecular weight is 472 g/mol. The summed E-state index contributed by atoms with van der Waals surface area (Å²) in [5.74, 6) is -1.56. The maximum absolute atomic E-state index is 13.4. The number of nitro benzene ring substituents is 1. The number of carbonyl (C=O) groups excluding carboxylic acids is 3. The Bertz CT molecular complexity index is 1060. The van der Waals surface area contributed by atoms with E-state index in [2.05, 4.69) is 10.6 Å². The van der Waals surface area contributed by atoms with Gasteiger partial charge in [0.05, 0.1) is 4.92 Å². The van der Waals surface area contributed by atoms with Crippen molar-refractivity contribution in [1.82, 2.24) is 10.6 Å². The van der Waals surface area contributed by atoms with Crippen LogP contribution in [0.2, 0.25) is 0 Å². The van der Waals surface area contributed by atoms with Gasteiger partial charge in [-0.05, 0) is 63.1 Å². The zero-order valence-corrected chi connectivity index (χ0v) is 19.3. The van der Waals surface area contributed by atoms with E-state index in [-0.39, 0.29) is 23.4 Å². The fraction of sp³-hybridized carbons (Fsp3) is 0.348. The molecule has 0 aliphatic rings. The number of non-ortho nitro benzene ring substituents is 1. The Labute approximate surface area is 196 Å². The summed E-state index contributed by atoms with van der Waals surface area (Å²) >= 11 is 0. The predicted molar refractivity (Wildman–Crippen MR) is 123 cm³/mol. The second kappa shape index (κ2) is 10.2. The van der Waals surface area contributed by atoms with Crippen molar-refractivity contribution in [2.75, 3.05) is 0 Å². The van der Waals surface area contributed by atoms with Crippen LogP contribution in [0.5, 0.6) is 5.75 Å². The lowest BCUT2D eigenvalue weighted by Crippen LogP contribution is -2.59. The third-order valence-corrected chi connectivity index (χ3v) is 4.89. The zero-order valence-electron chi connectivity index (χ0n) is 19.3. The van der Waals surface area contributed by atoms with Gasteiger partial charge in [-0.15, -0.1) is 0 Å². The number of phenols is 1. The molecule has 34 heavy (non-hydrogen) atoms. The van der Waals surface area contributed by atoms with E-state index in [1.165, 1.54) is 43.3 Å². The molecule has 2 rings (SSSR count). The summed E-state index contributed by atoms with van der Waals surface area (Å²) < 4.78 is 5.27. The van der Waals surface area contributed by atoms with Crippen LogP contribution in [0.3, 0.4) is 0 Å². The normalized spacial score (nSPS) is 13.8. The SMILES string of the molecule is CC(C)(C)OC(=O)N[C@](C)(C(=O)NC(Cc1ccc(O)cc1)C(N)=O)c1ccc([N+](=O)[O-])cc1. The van der Waals surface area contributed by atoms with Crippen LogP contribution in [-0.2, 0) is 26.3 Å². The molecule has 0 saturated carbocycles. The largest absolute Gasteiger partial charge is 0.508 e. The van der Waals surface area contributed by atoms with Crippen molar-refractivity contribution in [3.63, 3.8) is 0 Å². The quantitative estimate of drug-likeness (QED) is 0.337. The average Bonchev–Trinajstić information content (AvgIpc) is 2.73. The minimum atomic E-state index is -1.76. The van der Waals surface area contributed by atoms with Crippen molar-refractivity contribution in [3.05, 3.63) is 69.8 Å². The lowest BCUT2D eigenvalue weighted by Gasteiger charge is -2.32. The summed E-state index contributed by atoms with van der Waals surface area (Å²) in [6, 6.07) is 9.91. The lowest BCUT2D eigenvalue weighted by molar-refractivity contribution is -0.384. The molecule has 2 aromatic carbocycles. The first-order valence-electron chi connectivity index (χ1n) is 10.4. The Morgan fingerprint density at radius 3 is 2.09 bits per heavy atom. The number of benzene rings is 2. The first-order chi connectivity index (χ1) is 15.7. The van der Waals surface area contributed by atoms with E-state index in [9.17, 15) is 29.6 Å². The van der Waals surface area contributed by atoms with E-state index in [0.29, 0.717) is 5.56 Å². The smallest absolute Gasteiger partial charge is 0.408 e. The number of hydrogen-bond acceptors (Lipinski definition) is 7. The molecule has 0 aliphatic heterocycles. The van der Waals surface area contributed by atoms with Crippen LogP contribution < -0.4 is 16.4 Å². The van der Waals surface area contributed by atoms with E-state index >= 15 is 0 Å². The molecule has 0 bridgehead atoms. The highest BCUT2D eigenvalue weighted by atomic mass is 16.6. The Morgan fingerprint density at radius 2 is 1.62 bits per heavy atom. The molecule has 0 saturated heterocycles. The van der Waals surface area contributed by atoms with Crippen molar-refractivity contribution >= 4 is 23.6 Å². The number of carbonyl (C=O) groups is 3. The predicted octanol–water partition coefficient (Wildman–Crippen LogP) is 2.25. The topological polar surface area (TPSA) is 174 Å². The van der Waals surface area contributed by atoms with Crippen molar-refractivity contribution in [2.45, 2.75) is 51.3 Å². The summed E-state index contributed by atoms with van der Waals surface area (Å²) in [7, 11) is 0. The van der Waals surface area contributed by atoms with Gasteiger partial charge in [-0.1, -0.05) is 12.1 Å². The molecule has 182 valence electrons. The van der Waals surface area contributed by atoms with Gasteiger partial charge in [0.15, 0.2) is 0 Å². The number of alkyl carbamates (subject to hydrolysis) is 1. The van der Waals surface area contributed by atoms with Gasteiger partial charge in [-0.25, -0.2) is 4.79 Å². The molecule has 2 atom stereocenters. The van der Waals surface area contributed by atoms with Crippen molar-refractivity contribution in [3.8, 4) is 5.75 Å². The van der Waals surface area contributed by atoms with Crippen LogP contribution in [-0.4, -0.2) is 39.6 Å². The monoisotopic (exact) mass is 472 g/mol. The van der Waals surface area contributed by atoms with E-state index in [4.69, 9.17) is 10.5 Å². The number of nitrogens with two attached hydrogens (primary N) is 1. The summed E-state index contributed by atoms with van der Waals surface area (Å²) in [6.07, 6.45) is -0.873. The van der Waals surface area contributed by atoms with Crippen LogP contribution in [0.4, 0.5) is 10.5 Å². The fourth-order valence-electron chi connectivity index (χ4n) is 3.08. The molecule has 0 fully saturated rings. The number of hydrogen-bond donors (Lipinski definition) is 4. The first-order valence-corrected chi connectivity index (χ1v) is 10.4. The van der Waals surface area contributed by atoms with Gasteiger partial charge >= 0.3 is 6.09 Å². The molecule has 0 radical (unpaired) electrons. The third-order valence-electron chi connectivity index (χ3n) is 4.89. The number of primary amides is 1. The fourth-order valence-corrected chi connectivity index (χ4v) is 3.08. The Kier molecular flexibility index (Phi) is 7.83. The van der Waals surface area contributed by atoms with E-state index < -0.39 is 40.0 Å². The number of nitrogens with one attached hydrogen (secondary N) is 2. The molecule has 0 aromatic heterocycles. The van der Waals surface area contributed by atoms with Crippen LogP contribution in [0, 0.1) is 10.1 Å². The third kappa shape index (κ3) is 6.92. The summed E-state index contributed by atoms with van der Waals surface area (Å²) in [4.78, 5) is 48.4. The highest BCUT2D eigenvalue weighted by molar-refractivity contribution is 5.94. The van der Waals surface area contributed by atoms with E-state index in [1.807, 2.05) is 0 Å². The van der Waals surface area contributed by atoms with E-state index in [1.54, 1.807) is 32.9 Å². The minimum absolute atomic E-state index is 0.0319. The van der Waals surface area contributed by atoms with Crippen molar-refractivity contribution < 1.29 is 29.2 Å². The highest BCUT2D eigenvalue weighted by Gasteiger charge is 2.40. The van der Waals surface area contributed by atoms with Crippen LogP contribution >= 0.6 is 0 Å². The van der Waals surface area contributed by atoms with Crippen LogP contribution in [0.1, 0.15) is 38.8 Å². The van der Waals surface area contributed by atoms with Crippen LogP contribution in [0.15, 0.2) is 48.5 Å². The molecule has 0 aliphatic carbocycles. The number of phenolic OH excluding ortho intramolecular Hbond substituents is 1. The first kappa shape index (κ1) is 26.1. The second-order valence-electron chi connectivity index (χ2n) is 8.85. The second-order valence-corrected chi connectivity index (χ2v) is 8.85. The number of nitrogens with zero attached hydrogens (tertiary/aromatic N) is 1. The standard InChI is InChI=1S/C23H28N4O7/c1-22(2,3)34-21(31)26-23(4,15-7-9-16(10-8-15)27(32)33)20(30)25-18(19(24)29)13-14-5-11-17(28)12-6-14/h5-12,18,28H,13H2,1-4H3,(H2,24,29)(H,25,30)(H,26,31)/t18?,23-/m0/s1. The summed E-state index contributed by atoms with van der Waals surface area (Å²) in [6.45, 7) is 6.33. The molecular weight excluding hydrogens is 444 g/mol. The molecule has 3 amide bonds. The summed E-state index contributed by atoms with van der Waals surface area (Å²) in [5, 5.41) is 25.5. The van der Waals surface area contributed by atoms with Crippen LogP contribution in [0.25, 0.3) is 0 Å². The van der Waals surface area contributed by atoms with Gasteiger partial charge in [-0.2, -0.15) is 0 Å². The van der Waals surface area contributed by atoms with Crippen molar-refractivity contribution in [2.24, 2.45) is 5.73 Å². The summed E-state index contributed by atoms with van der Waals surface area (Å²) in [5.41, 5.74) is 3.51. The molecule has 11 heteroatoms. The van der Waals surface area contributed by atoms with Crippen molar-refractivity contribution in [1.29, 1.82) is 0 Å².